The molecule has 0 fully saturated rings. The molecule has 0 aliphatic heterocycles. The van der Waals surface area contributed by atoms with Crippen LogP contribution in [0.5, 0.6) is 5.75 Å². The van der Waals surface area contributed by atoms with Gasteiger partial charge in [0.25, 0.3) is 0 Å². The van der Waals surface area contributed by atoms with E-state index in [4.69, 9.17) is 16.3 Å². The maximum atomic E-state index is 12.5. The molecule has 2 rings (SSSR count). The van der Waals surface area contributed by atoms with Gasteiger partial charge in [-0.15, -0.1) is 35.3 Å². The maximum absolute atomic E-state index is 12.5. The summed E-state index contributed by atoms with van der Waals surface area (Å²) in [6.45, 7) is 1.35. The Hall–Kier alpha value is -1.27. The van der Waals surface area contributed by atoms with E-state index in [1.165, 1.54) is 0 Å². The van der Waals surface area contributed by atoms with Gasteiger partial charge in [-0.05, 0) is 24.3 Å². The first kappa shape index (κ1) is 23.8. The molecule has 1 aromatic carbocycles. The fourth-order valence-corrected chi connectivity index (χ4v) is 2.86. The Kier molecular flexibility index (Phi) is 10.2. The van der Waals surface area contributed by atoms with Crippen LogP contribution < -0.4 is 15.4 Å². The second-order valence-electron chi connectivity index (χ2n) is 5.10. The lowest BCUT2D eigenvalue weighted by Crippen LogP contribution is -2.40. The minimum Gasteiger partial charge on any atom is -0.492 e. The van der Waals surface area contributed by atoms with Gasteiger partial charge in [0.1, 0.15) is 12.4 Å². The van der Waals surface area contributed by atoms with E-state index in [1.807, 2.05) is 0 Å². The number of nitrogens with one attached hydrogen (secondary N) is 2. The number of thiazole rings is 1. The van der Waals surface area contributed by atoms with Gasteiger partial charge < -0.3 is 15.4 Å². The second-order valence-corrected chi connectivity index (χ2v) is 6.48. The highest BCUT2D eigenvalue weighted by Crippen LogP contribution is 2.29. The lowest BCUT2D eigenvalue weighted by Gasteiger charge is -2.12. The largest absolute Gasteiger partial charge is 0.492 e. The molecule has 0 aliphatic rings. The lowest BCUT2D eigenvalue weighted by atomic mass is 10.3. The van der Waals surface area contributed by atoms with Crippen LogP contribution in [0.3, 0.4) is 0 Å². The van der Waals surface area contributed by atoms with Gasteiger partial charge in [-0.25, -0.2) is 4.98 Å². The first-order chi connectivity index (χ1) is 12.4. The number of halogens is 5. The van der Waals surface area contributed by atoms with Gasteiger partial charge >= 0.3 is 6.18 Å². The quantitative estimate of drug-likeness (QED) is 0.242. The zero-order valence-corrected chi connectivity index (χ0v) is 18.2. The van der Waals surface area contributed by atoms with Crippen LogP contribution in [0.25, 0.3) is 0 Å². The van der Waals surface area contributed by atoms with Crippen molar-refractivity contribution in [2.45, 2.75) is 12.6 Å². The molecule has 5 nitrogen and oxygen atoms in total. The van der Waals surface area contributed by atoms with Gasteiger partial charge in [0.05, 0.1) is 11.6 Å². The van der Waals surface area contributed by atoms with E-state index < -0.39 is 11.9 Å². The molecule has 2 aromatic rings. The van der Waals surface area contributed by atoms with Crippen molar-refractivity contribution in [1.29, 1.82) is 0 Å². The molecule has 1 aromatic heterocycles. The predicted octanol–water partition coefficient (Wildman–Crippen LogP) is 4.22. The first-order valence-electron chi connectivity index (χ1n) is 7.73. The van der Waals surface area contributed by atoms with Crippen LogP contribution in [0.4, 0.5) is 13.2 Å². The fourth-order valence-electron chi connectivity index (χ4n) is 1.93. The number of ether oxygens (including phenoxy) is 1. The van der Waals surface area contributed by atoms with Crippen LogP contribution in [0, 0.1) is 0 Å². The van der Waals surface area contributed by atoms with E-state index >= 15 is 0 Å². The van der Waals surface area contributed by atoms with Crippen molar-refractivity contribution >= 4 is 52.9 Å². The summed E-state index contributed by atoms with van der Waals surface area (Å²) in [6, 6.07) is 7.04. The maximum Gasteiger partial charge on any atom is 0.434 e. The van der Waals surface area contributed by atoms with Gasteiger partial charge in [-0.2, -0.15) is 13.2 Å². The molecule has 0 atom stereocenters. The summed E-state index contributed by atoms with van der Waals surface area (Å²) < 4.78 is 43.1. The molecule has 27 heavy (non-hydrogen) atoms. The Morgan fingerprint density at radius 3 is 2.48 bits per heavy atom. The third-order valence-electron chi connectivity index (χ3n) is 3.17. The van der Waals surface area contributed by atoms with E-state index in [9.17, 15) is 13.2 Å². The number of guanidine groups is 1. The highest BCUT2D eigenvalue weighted by Gasteiger charge is 2.33. The molecule has 0 aliphatic carbocycles. The zero-order chi connectivity index (χ0) is 19.0. The standard InChI is InChI=1S/C16H18ClF3N4OS.HI/c1-21-15(23-8-9-25-12-4-2-11(17)3-5-12)22-7-6-14-24-13(10-26-14)16(18,19)20;/h2-5,10H,6-9H2,1H3,(H2,21,22,23);1H. The van der Waals surface area contributed by atoms with Crippen LogP contribution >= 0.6 is 46.9 Å². The Morgan fingerprint density at radius 2 is 1.89 bits per heavy atom. The minimum atomic E-state index is -4.40. The molecule has 0 saturated carbocycles. The topological polar surface area (TPSA) is 58.5 Å². The van der Waals surface area contributed by atoms with Crippen LogP contribution in [-0.4, -0.2) is 37.7 Å². The van der Waals surface area contributed by atoms with E-state index in [0.29, 0.717) is 47.9 Å². The van der Waals surface area contributed by atoms with Gasteiger partial charge in [0.2, 0.25) is 0 Å². The van der Waals surface area contributed by atoms with E-state index in [-0.39, 0.29) is 24.0 Å². The van der Waals surface area contributed by atoms with Crippen molar-refractivity contribution in [1.82, 2.24) is 15.6 Å². The van der Waals surface area contributed by atoms with Gasteiger partial charge in [-0.3, -0.25) is 4.99 Å². The molecule has 150 valence electrons. The number of alkyl halides is 3. The van der Waals surface area contributed by atoms with Crippen molar-refractivity contribution in [3.63, 3.8) is 0 Å². The molecule has 11 heteroatoms. The molecule has 0 amide bonds. The van der Waals surface area contributed by atoms with Crippen molar-refractivity contribution in [3.05, 3.63) is 45.4 Å². The molecule has 1 heterocycles. The average molecular weight is 535 g/mol. The van der Waals surface area contributed by atoms with Crippen LogP contribution in [0.1, 0.15) is 10.7 Å². The van der Waals surface area contributed by atoms with Crippen molar-refractivity contribution in [2.75, 3.05) is 26.7 Å². The Bertz CT molecular complexity index is 725. The van der Waals surface area contributed by atoms with Crippen LogP contribution in [0.2, 0.25) is 5.02 Å². The summed E-state index contributed by atoms with van der Waals surface area (Å²) in [7, 11) is 1.61. The number of benzene rings is 1. The third-order valence-corrected chi connectivity index (χ3v) is 4.33. The van der Waals surface area contributed by atoms with E-state index in [0.717, 1.165) is 16.7 Å². The van der Waals surface area contributed by atoms with E-state index in [2.05, 4.69) is 20.6 Å². The predicted molar refractivity (Wildman–Crippen MR) is 113 cm³/mol. The SMILES string of the molecule is CN=C(NCCOc1ccc(Cl)cc1)NCCc1nc(C(F)(F)F)cs1.I. The summed E-state index contributed by atoms with van der Waals surface area (Å²) in [4.78, 5) is 7.63. The van der Waals surface area contributed by atoms with Gasteiger partial charge in [0, 0.05) is 30.4 Å². The number of hydrogen-bond donors (Lipinski definition) is 2. The minimum absolute atomic E-state index is 0. The van der Waals surface area contributed by atoms with E-state index in [1.54, 1.807) is 31.3 Å². The summed E-state index contributed by atoms with van der Waals surface area (Å²) >= 11 is 6.79. The molecule has 0 spiro atoms. The monoisotopic (exact) mass is 534 g/mol. The molecule has 0 saturated heterocycles. The van der Waals surface area contributed by atoms with Crippen molar-refractivity contribution in [2.24, 2.45) is 4.99 Å². The average Bonchev–Trinajstić information content (AvgIpc) is 3.08. The van der Waals surface area contributed by atoms with Crippen LogP contribution in [-0.2, 0) is 12.6 Å². The van der Waals surface area contributed by atoms with Gasteiger partial charge in [-0.1, -0.05) is 11.6 Å². The van der Waals surface area contributed by atoms with Crippen LogP contribution in [0.15, 0.2) is 34.6 Å². The molecule has 0 radical (unpaired) electrons. The number of nitrogens with zero attached hydrogens (tertiary/aromatic N) is 2. The summed E-state index contributed by atoms with van der Waals surface area (Å²) in [5.74, 6) is 1.25. The molecular weight excluding hydrogens is 516 g/mol. The number of aliphatic imine (C=N–C) groups is 1. The first-order valence-corrected chi connectivity index (χ1v) is 8.98. The third kappa shape index (κ3) is 8.52. The zero-order valence-electron chi connectivity index (χ0n) is 14.3. The summed E-state index contributed by atoms with van der Waals surface area (Å²) in [5.41, 5.74) is -0.848. The smallest absolute Gasteiger partial charge is 0.434 e. The molecule has 2 N–H and O–H groups in total. The van der Waals surface area contributed by atoms with Gasteiger partial charge in [0.15, 0.2) is 11.7 Å². The molecule has 0 bridgehead atoms. The highest BCUT2D eigenvalue weighted by molar-refractivity contribution is 14.0. The number of aromatic nitrogens is 1. The number of hydrogen-bond acceptors (Lipinski definition) is 4. The molecular formula is C16H19ClF3IN4OS. The Morgan fingerprint density at radius 1 is 1.22 bits per heavy atom. The Labute approximate surface area is 181 Å². The number of rotatable bonds is 7. The van der Waals surface area contributed by atoms with Crippen molar-refractivity contribution < 1.29 is 17.9 Å². The van der Waals surface area contributed by atoms with Crippen molar-refractivity contribution in [3.8, 4) is 5.75 Å². The lowest BCUT2D eigenvalue weighted by molar-refractivity contribution is -0.140. The summed E-state index contributed by atoms with van der Waals surface area (Å²) in [5, 5.41) is 8.17. The fraction of sp³-hybridized carbons (Fsp3) is 0.375. The Balaban J connectivity index is 0.00000364. The second kappa shape index (κ2) is 11.5. The molecule has 0 unspecified atom stereocenters. The normalized spacial score (nSPS) is 11.7. The highest BCUT2D eigenvalue weighted by atomic mass is 127. The summed E-state index contributed by atoms with van der Waals surface area (Å²) in [6.07, 6.45) is -4.02.